The summed E-state index contributed by atoms with van der Waals surface area (Å²) in [6.45, 7) is 0. The predicted molar refractivity (Wildman–Crippen MR) is 68.8 cm³/mol. The zero-order valence-corrected chi connectivity index (χ0v) is 9.94. The molecule has 3 aliphatic rings. The zero-order valence-electron chi connectivity index (χ0n) is 9.94. The maximum absolute atomic E-state index is 10.6. The molecule has 1 fully saturated rings. The molecule has 1 aliphatic heterocycles. The van der Waals surface area contributed by atoms with Crippen LogP contribution < -0.4 is 11.0 Å². The van der Waals surface area contributed by atoms with Crippen LogP contribution in [0.15, 0.2) is 33.7 Å². The number of nitrogens with zero attached hydrogens (tertiary/aromatic N) is 2. The third-order valence-corrected chi connectivity index (χ3v) is 3.94. The molecule has 0 aromatic carbocycles. The van der Waals surface area contributed by atoms with Crippen LogP contribution in [-0.2, 0) is 0 Å². The zero-order chi connectivity index (χ0) is 12.5. The smallest absolute Gasteiger partial charge is 0.193 e. The van der Waals surface area contributed by atoms with E-state index in [4.69, 9.17) is 5.41 Å². The lowest BCUT2D eigenvalue weighted by atomic mass is 9.77. The maximum atomic E-state index is 10.6. The summed E-state index contributed by atoms with van der Waals surface area (Å²) in [6.07, 6.45) is 8.34. The number of nitrogens with one attached hydrogen (secondary N) is 3. The highest BCUT2D eigenvalue weighted by atomic mass is 16.3. The number of hydrazine groups is 1. The van der Waals surface area contributed by atoms with E-state index in [9.17, 15) is 4.91 Å². The third-order valence-electron chi connectivity index (χ3n) is 3.94. The first-order valence-electron chi connectivity index (χ1n) is 6.24. The van der Waals surface area contributed by atoms with E-state index >= 15 is 0 Å². The summed E-state index contributed by atoms with van der Waals surface area (Å²) in [4.78, 5) is 10.6. The van der Waals surface area contributed by atoms with Crippen molar-refractivity contribution in [3.8, 4) is 0 Å². The van der Waals surface area contributed by atoms with Crippen molar-refractivity contribution in [1.82, 2.24) is 11.0 Å². The van der Waals surface area contributed by atoms with Crippen LogP contribution in [0.4, 0.5) is 0 Å². The van der Waals surface area contributed by atoms with Crippen molar-refractivity contribution in [3.05, 3.63) is 28.3 Å². The Hall–Kier alpha value is -1.98. The second-order valence-electron chi connectivity index (χ2n) is 4.90. The minimum absolute atomic E-state index is 0.0280. The van der Waals surface area contributed by atoms with Gasteiger partial charge in [-0.2, -0.15) is 5.10 Å². The van der Waals surface area contributed by atoms with Crippen molar-refractivity contribution in [3.63, 3.8) is 0 Å². The van der Waals surface area contributed by atoms with Crippen LogP contribution in [0.3, 0.4) is 0 Å². The number of hydrogen-bond donors (Lipinski definition) is 3. The van der Waals surface area contributed by atoms with Crippen LogP contribution in [0, 0.1) is 22.2 Å². The Bertz CT molecular complexity index is 485. The van der Waals surface area contributed by atoms with Gasteiger partial charge in [0.15, 0.2) is 5.84 Å². The van der Waals surface area contributed by atoms with Crippen molar-refractivity contribution in [2.45, 2.75) is 25.7 Å². The summed E-state index contributed by atoms with van der Waals surface area (Å²) >= 11 is 0. The van der Waals surface area contributed by atoms with Crippen LogP contribution >= 0.6 is 0 Å². The number of fused-ring (bicyclic) bond motifs is 1. The number of hydrogen-bond acceptors (Lipinski definition) is 5. The van der Waals surface area contributed by atoms with E-state index in [1.807, 2.05) is 12.2 Å². The van der Waals surface area contributed by atoms with Gasteiger partial charge in [-0.25, -0.2) is 5.53 Å². The molecule has 18 heavy (non-hydrogen) atoms. The molecule has 0 radical (unpaired) electrons. The molecule has 1 unspecified atom stereocenters. The summed E-state index contributed by atoms with van der Waals surface area (Å²) in [7, 11) is 0. The lowest BCUT2D eigenvalue weighted by Crippen LogP contribution is -2.31. The van der Waals surface area contributed by atoms with Gasteiger partial charge in [-0.15, -0.1) is 4.91 Å². The summed E-state index contributed by atoms with van der Waals surface area (Å²) in [5, 5.41) is 14.7. The Morgan fingerprint density at radius 1 is 1.39 bits per heavy atom. The Morgan fingerprint density at radius 3 is 2.89 bits per heavy atom. The molecular formula is C12H15N5O. The Kier molecular flexibility index (Phi) is 2.70. The van der Waals surface area contributed by atoms with Gasteiger partial charge < -0.3 is 0 Å². The second kappa shape index (κ2) is 4.36. The number of nitroso groups, excluding NO2 is 1. The lowest BCUT2D eigenvalue weighted by molar-refractivity contribution is 0.481. The van der Waals surface area contributed by atoms with Crippen molar-refractivity contribution >= 4 is 11.5 Å². The second-order valence-corrected chi connectivity index (χ2v) is 4.90. The average molecular weight is 245 g/mol. The Morgan fingerprint density at radius 2 is 2.17 bits per heavy atom. The molecule has 6 heteroatoms. The van der Waals surface area contributed by atoms with Gasteiger partial charge in [-0.1, -0.05) is 18.9 Å². The fourth-order valence-corrected chi connectivity index (χ4v) is 3.11. The topological polar surface area (TPSA) is 89.7 Å². The molecule has 3 N–H and O–H groups in total. The van der Waals surface area contributed by atoms with Gasteiger partial charge in [0.1, 0.15) is 0 Å². The van der Waals surface area contributed by atoms with Gasteiger partial charge in [0, 0.05) is 11.5 Å². The van der Waals surface area contributed by atoms with Crippen molar-refractivity contribution in [1.29, 1.82) is 5.41 Å². The molecule has 3 rings (SSSR count). The van der Waals surface area contributed by atoms with Crippen molar-refractivity contribution < 1.29 is 0 Å². The number of rotatable bonds is 2. The lowest BCUT2D eigenvalue weighted by Gasteiger charge is -2.27. The van der Waals surface area contributed by atoms with E-state index in [1.165, 1.54) is 12.8 Å². The molecule has 0 bridgehead atoms. The summed E-state index contributed by atoms with van der Waals surface area (Å²) in [5.41, 5.74) is 8.27. The van der Waals surface area contributed by atoms with Crippen LogP contribution in [0.5, 0.6) is 0 Å². The van der Waals surface area contributed by atoms with Gasteiger partial charge in [-0.3, -0.25) is 10.8 Å². The minimum Gasteiger partial charge on any atom is -0.283 e. The van der Waals surface area contributed by atoms with Crippen LogP contribution in [0.25, 0.3) is 0 Å². The number of allylic oxidation sites excluding steroid dienone is 3. The fraction of sp³-hybridized carbons (Fsp3) is 0.500. The highest BCUT2D eigenvalue weighted by Gasteiger charge is 2.38. The van der Waals surface area contributed by atoms with Gasteiger partial charge in [0.05, 0.1) is 11.4 Å². The largest absolute Gasteiger partial charge is 0.283 e. The van der Waals surface area contributed by atoms with Crippen molar-refractivity contribution in [2.75, 3.05) is 0 Å². The van der Waals surface area contributed by atoms with Gasteiger partial charge in [0.25, 0.3) is 0 Å². The third kappa shape index (κ3) is 1.64. The molecule has 0 saturated heterocycles. The number of hydrazone groups is 1. The highest BCUT2D eigenvalue weighted by molar-refractivity contribution is 6.12. The molecule has 1 saturated carbocycles. The quantitative estimate of drug-likeness (QED) is 0.394. The van der Waals surface area contributed by atoms with Crippen LogP contribution in [0.1, 0.15) is 25.7 Å². The van der Waals surface area contributed by atoms with E-state index < -0.39 is 0 Å². The standard InChI is InChI=1S/C12H15N5O/c13-12(16-18)8-5-6-9-11(15-17-14-9)10(8)7-3-1-2-4-7/h5-7,10,13-14,17H,1-4H2. The van der Waals surface area contributed by atoms with E-state index in [1.54, 1.807) is 0 Å². The molecule has 0 aromatic heterocycles. The molecule has 1 heterocycles. The normalized spacial score (nSPS) is 26.4. The molecular weight excluding hydrogens is 230 g/mol. The predicted octanol–water partition coefficient (Wildman–Crippen LogP) is 1.82. The molecule has 6 nitrogen and oxygen atoms in total. The first-order valence-corrected chi connectivity index (χ1v) is 6.24. The van der Waals surface area contributed by atoms with Gasteiger partial charge in [0.2, 0.25) is 0 Å². The van der Waals surface area contributed by atoms with Crippen LogP contribution in [0.2, 0.25) is 0 Å². The highest BCUT2D eigenvalue weighted by Crippen LogP contribution is 2.39. The van der Waals surface area contributed by atoms with Gasteiger partial charge in [-0.05, 0) is 30.0 Å². The average Bonchev–Trinajstić information content (AvgIpc) is 3.07. The number of amidine groups is 1. The van der Waals surface area contributed by atoms with E-state index in [-0.39, 0.29) is 11.8 Å². The summed E-state index contributed by atoms with van der Waals surface area (Å²) in [6, 6.07) is 0. The maximum Gasteiger partial charge on any atom is 0.193 e. The summed E-state index contributed by atoms with van der Waals surface area (Å²) in [5.74, 6) is 0.319. The molecule has 0 spiro atoms. The van der Waals surface area contributed by atoms with Crippen LogP contribution in [-0.4, -0.2) is 11.5 Å². The Balaban J connectivity index is 1.99. The molecule has 0 amide bonds. The monoisotopic (exact) mass is 245 g/mol. The fourth-order valence-electron chi connectivity index (χ4n) is 3.11. The molecule has 1 atom stereocenters. The molecule has 0 aromatic rings. The van der Waals surface area contributed by atoms with E-state index in [0.29, 0.717) is 11.5 Å². The molecule has 2 aliphatic carbocycles. The Labute approximate surface area is 105 Å². The SMILES string of the molecule is N=C(N=O)C1=CC=C2NNN=C2C1C1CCCC1. The van der Waals surface area contributed by atoms with E-state index in [2.05, 4.69) is 21.2 Å². The van der Waals surface area contributed by atoms with Crippen molar-refractivity contribution in [2.24, 2.45) is 22.1 Å². The first kappa shape index (κ1) is 11.1. The van der Waals surface area contributed by atoms with Gasteiger partial charge >= 0.3 is 0 Å². The first-order chi connectivity index (χ1) is 8.81. The summed E-state index contributed by atoms with van der Waals surface area (Å²) < 4.78 is 0. The van der Waals surface area contributed by atoms with E-state index in [0.717, 1.165) is 24.3 Å². The molecule has 94 valence electrons. The minimum atomic E-state index is -0.170.